The summed E-state index contributed by atoms with van der Waals surface area (Å²) in [6, 6.07) is 10.9. The van der Waals surface area contributed by atoms with Gasteiger partial charge >= 0.3 is 24.1 Å². The first-order chi connectivity index (χ1) is 15.2. The Bertz CT molecular complexity index is 973. The van der Waals surface area contributed by atoms with Crippen LogP contribution in [0, 0.1) is 0 Å². The van der Waals surface area contributed by atoms with Crippen molar-refractivity contribution in [2.45, 2.75) is 18.0 Å². The first-order valence-corrected chi connectivity index (χ1v) is 9.57. The molecule has 0 heterocycles. The summed E-state index contributed by atoms with van der Waals surface area (Å²) in [5, 5.41) is 2.44. The summed E-state index contributed by atoms with van der Waals surface area (Å²) in [6.45, 7) is -3.11. The first kappa shape index (κ1) is 26.7. The molecule has 5 nitrogen and oxygen atoms in total. The van der Waals surface area contributed by atoms with Gasteiger partial charge in [0.2, 0.25) is 0 Å². The molecule has 182 valence electrons. The lowest BCUT2D eigenvalue weighted by Gasteiger charge is -2.27. The molecule has 2 aromatic carbocycles. The molecule has 2 aromatic rings. The summed E-state index contributed by atoms with van der Waals surface area (Å²) in [5.41, 5.74) is 0. The van der Waals surface area contributed by atoms with Crippen LogP contribution in [0.3, 0.4) is 0 Å². The summed E-state index contributed by atoms with van der Waals surface area (Å²) < 4.78 is 102. The van der Waals surface area contributed by atoms with E-state index in [2.05, 4.69) is 4.74 Å². The Balaban J connectivity index is 1.78. The summed E-state index contributed by atoms with van der Waals surface area (Å²) in [5.74, 6) is -11.1. The van der Waals surface area contributed by atoms with Gasteiger partial charge in [-0.3, -0.25) is 0 Å². The van der Waals surface area contributed by atoms with Gasteiger partial charge in [0, 0.05) is 11.1 Å². The SMILES string of the molecule is O=C(NCCOc1ccc(Oc2cccc(Cl)c2)cc1Cl)OCC(F)(F)C(F)(F)C(F)(F)F. The largest absolute Gasteiger partial charge is 0.490 e. The lowest BCUT2D eigenvalue weighted by atomic mass is 10.2. The Labute approximate surface area is 192 Å². The zero-order chi connectivity index (χ0) is 24.9. The molecule has 0 aliphatic rings. The monoisotopic (exact) mass is 523 g/mol. The van der Waals surface area contributed by atoms with E-state index in [1.54, 1.807) is 24.3 Å². The molecule has 1 N–H and O–H groups in total. The molecule has 2 rings (SSSR count). The van der Waals surface area contributed by atoms with Crippen LogP contribution in [0.1, 0.15) is 0 Å². The van der Waals surface area contributed by atoms with E-state index in [1.165, 1.54) is 18.2 Å². The van der Waals surface area contributed by atoms with Crippen molar-refractivity contribution >= 4 is 29.3 Å². The van der Waals surface area contributed by atoms with Gasteiger partial charge < -0.3 is 19.5 Å². The third kappa shape index (κ3) is 7.19. The topological polar surface area (TPSA) is 56.8 Å². The third-order valence-corrected chi connectivity index (χ3v) is 4.29. The predicted octanol–water partition coefficient (Wildman–Crippen LogP) is 6.72. The standard InChI is InChI=1S/C19H14Cl2F7NO4/c20-11-2-1-3-12(8-11)33-13-4-5-15(14(21)9-13)31-7-6-29-16(30)32-10-17(22,23)18(24,25)19(26,27)28/h1-5,8-9H,6-7,10H2,(H,29,30). The molecule has 14 heteroatoms. The van der Waals surface area contributed by atoms with Crippen LogP contribution >= 0.6 is 23.2 Å². The van der Waals surface area contributed by atoms with E-state index in [0.717, 1.165) is 0 Å². The number of benzene rings is 2. The molecule has 1 amide bonds. The molecule has 0 aliphatic heterocycles. The Morgan fingerprint density at radius 2 is 1.61 bits per heavy atom. The van der Waals surface area contributed by atoms with Crippen molar-refractivity contribution in [1.29, 1.82) is 0 Å². The molecule has 0 radical (unpaired) electrons. The molecule has 0 fully saturated rings. The van der Waals surface area contributed by atoms with Gasteiger partial charge in [-0.15, -0.1) is 0 Å². The third-order valence-electron chi connectivity index (χ3n) is 3.76. The zero-order valence-electron chi connectivity index (χ0n) is 16.2. The number of hydrogen-bond acceptors (Lipinski definition) is 4. The Hall–Kier alpha value is -2.60. The molecule has 0 spiro atoms. The van der Waals surface area contributed by atoms with Crippen LogP contribution in [0.4, 0.5) is 35.5 Å². The minimum Gasteiger partial charge on any atom is -0.490 e. The molecule has 0 unspecified atom stereocenters. The molecule has 0 aromatic heterocycles. The van der Waals surface area contributed by atoms with Crippen molar-refractivity contribution in [1.82, 2.24) is 5.32 Å². The van der Waals surface area contributed by atoms with Crippen LogP contribution in [-0.2, 0) is 4.74 Å². The second-order valence-electron chi connectivity index (χ2n) is 6.28. The van der Waals surface area contributed by atoms with Gasteiger partial charge in [0.1, 0.15) is 23.9 Å². The normalized spacial score (nSPS) is 12.3. The van der Waals surface area contributed by atoms with E-state index >= 15 is 0 Å². The van der Waals surface area contributed by atoms with Crippen molar-refractivity contribution in [2.75, 3.05) is 19.8 Å². The van der Waals surface area contributed by atoms with Gasteiger partial charge in [0.15, 0.2) is 6.61 Å². The fourth-order valence-corrected chi connectivity index (χ4v) is 2.55. The van der Waals surface area contributed by atoms with Crippen LogP contribution in [0.25, 0.3) is 0 Å². The highest BCUT2D eigenvalue weighted by atomic mass is 35.5. The Kier molecular flexibility index (Phi) is 8.52. The highest BCUT2D eigenvalue weighted by Gasteiger charge is 2.73. The van der Waals surface area contributed by atoms with Crippen molar-refractivity contribution in [3.05, 3.63) is 52.5 Å². The lowest BCUT2D eigenvalue weighted by molar-refractivity contribution is -0.359. The fraction of sp³-hybridized carbons (Fsp3) is 0.316. The van der Waals surface area contributed by atoms with Gasteiger partial charge in [-0.25, -0.2) is 4.79 Å². The predicted molar refractivity (Wildman–Crippen MR) is 104 cm³/mol. The number of rotatable bonds is 9. The molecule has 0 saturated carbocycles. The maximum Gasteiger partial charge on any atom is 0.460 e. The van der Waals surface area contributed by atoms with Crippen molar-refractivity contribution in [3.63, 3.8) is 0 Å². The van der Waals surface area contributed by atoms with E-state index in [-0.39, 0.29) is 23.9 Å². The van der Waals surface area contributed by atoms with Gasteiger partial charge in [-0.05, 0) is 30.3 Å². The molecule has 33 heavy (non-hydrogen) atoms. The average molecular weight is 524 g/mol. The number of alkyl carbamates (subject to hydrolysis) is 1. The van der Waals surface area contributed by atoms with E-state index in [4.69, 9.17) is 32.7 Å². The van der Waals surface area contributed by atoms with Crippen LogP contribution < -0.4 is 14.8 Å². The highest BCUT2D eigenvalue weighted by Crippen LogP contribution is 2.46. The summed E-state index contributed by atoms with van der Waals surface area (Å²) in [4.78, 5) is 11.3. The van der Waals surface area contributed by atoms with Crippen LogP contribution in [-0.4, -0.2) is 43.9 Å². The minimum atomic E-state index is -6.52. The fourth-order valence-electron chi connectivity index (χ4n) is 2.15. The number of alkyl halides is 7. The lowest BCUT2D eigenvalue weighted by Crippen LogP contribution is -2.54. The maximum absolute atomic E-state index is 13.1. The average Bonchev–Trinajstić information content (AvgIpc) is 2.70. The second-order valence-corrected chi connectivity index (χ2v) is 7.12. The van der Waals surface area contributed by atoms with E-state index < -0.39 is 30.7 Å². The smallest absolute Gasteiger partial charge is 0.460 e. The van der Waals surface area contributed by atoms with Gasteiger partial charge in [0.05, 0.1) is 11.6 Å². The van der Waals surface area contributed by atoms with E-state index in [1.807, 2.05) is 5.32 Å². The zero-order valence-corrected chi connectivity index (χ0v) is 17.7. The van der Waals surface area contributed by atoms with E-state index in [0.29, 0.717) is 16.5 Å². The van der Waals surface area contributed by atoms with Crippen LogP contribution in [0.5, 0.6) is 17.2 Å². The number of carbonyl (C=O) groups excluding carboxylic acids is 1. The number of halogens is 9. The molecule has 0 atom stereocenters. The molecule has 0 aliphatic carbocycles. The quantitative estimate of drug-likeness (QED) is 0.292. The molecular weight excluding hydrogens is 510 g/mol. The Morgan fingerprint density at radius 1 is 0.939 bits per heavy atom. The highest BCUT2D eigenvalue weighted by molar-refractivity contribution is 6.32. The first-order valence-electron chi connectivity index (χ1n) is 8.82. The number of carbonyl (C=O) groups is 1. The number of ether oxygens (including phenoxy) is 3. The molecule has 0 saturated heterocycles. The second kappa shape index (κ2) is 10.6. The Morgan fingerprint density at radius 3 is 2.21 bits per heavy atom. The van der Waals surface area contributed by atoms with Crippen molar-refractivity contribution < 1.29 is 49.7 Å². The summed E-state index contributed by atoms with van der Waals surface area (Å²) in [7, 11) is 0. The van der Waals surface area contributed by atoms with E-state index in [9.17, 15) is 35.5 Å². The molecular formula is C19H14Cl2F7NO4. The van der Waals surface area contributed by atoms with Crippen LogP contribution in [0.15, 0.2) is 42.5 Å². The summed E-state index contributed by atoms with van der Waals surface area (Å²) >= 11 is 11.9. The number of amides is 1. The van der Waals surface area contributed by atoms with Crippen LogP contribution in [0.2, 0.25) is 10.0 Å². The minimum absolute atomic E-state index is 0.117. The van der Waals surface area contributed by atoms with Crippen molar-refractivity contribution in [2.24, 2.45) is 0 Å². The van der Waals surface area contributed by atoms with Crippen molar-refractivity contribution in [3.8, 4) is 17.2 Å². The number of nitrogens with one attached hydrogen (secondary N) is 1. The maximum atomic E-state index is 13.1. The molecule has 0 bridgehead atoms. The van der Waals surface area contributed by atoms with Gasteiger partial charge in [0.25, 0.3) is 0 Å². The van der Waals surface area contributed by atoms with Gasteiger partial charge in [-0.1, -0.05) is 29.3 Å². The number of hydrogen-bond donors (Lipinski definition) is 1. The van der Waals surface area contributed by atoms with Gasteiger partial charge in [-0.2, -0.15) is 30.7 Å². The summed E-state index contributed by atoms with van der Waals surface area (Å²) in [6.07, 6.45) is -8.16.